The van der Waals surface area contributed by atoms with Crippen LogP contribution in [0.4, 0.5) is 0 Å². The van der Waals surface area contributed by atoms with Gasteiger partial charge in [-0.3, -0.25) is 4.90 Å². The molecule has 3 rings (SSSR count). The van der Waals surface area contributed by atoms with Crippen LogP contribution in [0.25, 0.3) is 0 Å². The van der Waals surface area contributed by atoms with Crippen LogP contribution in [0.5, 0.6) is 0 Å². The van der Waals surface area contributed by atoms with Crippen molar-refractivity contribution in [3.05, 3.63) is 18.2 Å². The van der Waals surface area contributed by atoms with Gasteiger partial charge >= 0.3 is 0 Å². The molecule has 0 amide bonds. The quantitative estimate of drug-likeness (QED) is 0.897. The molecule has 2 heterocycles. The largest absolute Gasteiger partial charge is 0.338 e. The standard InChI is InChI=1S/C15H26N4/c1-13-11-19(9-5-14-16-8-10-18(14)2)15(12-17-13)6-3-4-7-15/h8,10,13,17H,3-7,9,11-12H2,1-2H3. The zero-order valence-electron chi connectivity index (χ0n) is 12.2. The van der Waals surface area contributed by atoms with E-state index < -0.39 is 0 Å². The van der Waals surface area contributed by atoms with Gasteiger partial charge in [0.15, 0.2) is 0 Å². The average molecular weight is 262 g/mol. The average Bonchev–Trinajstić information content (AvgIpc) is 3.01. The summed E-state index contributed by atoms with van der Waals surface area (Å²) in [5, 5.41) is 3.69. The van der Waals surface area contributed by atoms with E-state index in [0.717, 1.165) is 13.0 Å². The Balaban J connectivity index is 1.67. The Bertz CT molecular complexity index is 420. The molecule has 2 aliphatic rings. The maximum atomic E-state index is 4.45. The Labute approximate surface area is 116 Å². The van der Waals surface area contributed by atoms with E-state index in [-0.39, 0.29) is 0 Å². The smallest absolute Gasteiger partial charge is 0.109 e. The van der Waals surface area contributed by atoms with Gasteiger partial charge in [0.2, 0.25) is 0 Å². The maximum Gasteiger partial charge on any atom is 0.109 e. The summed E-state index contributed by atoms with van der Waals surface area (Å²) in [6, 6.07) is 0.618. The third-order valence-electron chi connectivity index (χ3n) is 5.01. The fourth-order valence-corrected chi connectivity index (χ4v) is 3.79. The first-order valence-corrected chi connectivity index (χ1v) is 7.64. The summed E-state index contributed by atoms with van der Waals surface area (Å²) in [6.45, 7) is 5.81. The number of nitrogens with one attached hydrogen (secondary N) is 1. The summed E-state index contributed by atoms with van der Waals surface area (Å²) in [7, 11) is 2.09. The first-order valence-electron chi connectivity index (χ1n) is 7.64. The van der Waals surface area contributed by atoms with Crippen molar-refractivity contribution >= 4 is 0 Å². The lowest BCUT2D eigenvalue weighted by Crippen LogP contribution is -2.63. The molecule has 0 radical (unpaired) electrons. The Morgan fingerprint density at radius 1 is 1.42 bits per heavy atom. The molecule has 4 heteroatoms. The zero-order chi connectivity index (χ0) is 13.3. The number of aryl methyl sites for hydroxylation is 1. The van der Waals surface area contributed by atoms with Crippen LogP contribution in [0.2, 0.25) is 0 Å². The second-order valence-electron chi connectivity index (χ2n) is 6.36. The van der Waals surface area contributed by atoms with Gasteiger partial charge in [0.25, 0.3) is 0 Å². The first kappa shape index (κ1) is 13.1. The first-order chi connectivity index (χ1) is 9.20. The molecule has 106 valence electrons. The number of rotatable bonds is 3. The summed E-state index contributed by atoms with van der Waals surface area (Å²) in [5.41, 5.74) is 0.442. The molecule has 0 bridgehead atoms. The SMILES string of the molecule is CC1CN(CCc2nccn2C)C2(CCCC2)CN1. The number of piperazine rings is 1. The van der Waals surface area contributed by atoms with Crippen LogP contribution in [-0.4, -0.2) is 45.7 Å². The predicted octanol–water partition coefficient (Wildman–Crippen LogP) is 1.57. The van der Waals surface area contributed by atoms with Crippen molar-refractivity contribution in [2.75, 3.05) is 19.6 Å². The molecular formula is C15H26N4. The molecule has 1 aromatic rings. The molecule has 1 aliphatic carbocycles. The van der Waals surface area contributed by atoms with Gasteiger partial charge in [-0.05, 0) is 19.8 Å². The van der Waals surface area contributed by atoms with Crippen LogP contribution in [0.15, 0.2) is 12.4 Å². The lowest BCUT2D eigenvalue weighted by molar-refractivity contribution is 0.0471. The summed E-state index contributed by atoms with van der Waals surface area (Å²) < 4.78 is 2.15. The highest BCUT2D eigenvalue weighted by molar-refractivity contribution is 5.02. The Morgan fingerprint density at radius 2 is 2.21 bits per heavy atom. The van der Waals surface area contributed by atoms with Crippen molar-refractivity contribution in [3.63, 3.8) is 0 Å². The van der Waals surface area contributed by atoms with E-state index in [9.17, 15) is 0 Å². The third kappa shape index (κ3) is 2.56. The minimum absolute atomic E-state index is 0.442. The lowest BCUT2D eigenvalue weighted by atomic mass is 9.91. The molecule has 1 aliphatic heterocycles. The molecule has 1 spiro atoms. The predicted molar refractivity (Wildman–Crippen MR) is 77.1 cm³/mol. The van der Waals surface area contributed by atoms with Gasteiger partial charge in [0.05, 0.1) is 0 Å². The number of aromatic nitrogens is 2. The van der Waals surface area contributed by atoms with Crippen LogP contribution in [0, 0.1) is 0 Å². The fourth-order valence-electron chi connectivity index (χ4n) is 3.79. The van der Waals surface area contributed by atoms with Gasteiger partial charge < -0.3 is 9.88 Å². The number of nitrogens with zero attached hydrogens (tertiary/aromatic N) is 3. The van der Waals surface area contributed by atoms with Gasteiger partial charge in [0.1, 0.15) is 5.82 Å². The molecule has 1 unspecified atom stereocenters. The highest BCUT2D eigenvalue weighted by atomic mass is 15.3. The molecule has 1 saturated heterocycles. The Kier molecular flexibility index (Phi) is 3.63. The van der Waals surface area contributed by atoms with E-state index in [1.807, 2.05) is 12.4 Å². The van der Waals surface area contributed by atoms with E-state index >= 15 is 0 Å². The van der Waals surface area contributed by atoms with Crippen molar-refractivity contribution in [1.29, 1.82) is 0 Å². The fraction of sp³-hybridized carbons (Fsp3) is 0.800. The zero-order valence-corrected chi connectivity index (χ0v) is 12.2. The number of hydrogen-bond acceptors (Lipinski definition) is 3. The van der Waals surface area contributed by atoms with Crippen molar-refractivity contribution in [3.8, 4) is 0 Å². The molecule has 1 saturated carbocycles. The maximum absolute atomic E-state index is 4.45. The van der Waals surface area contributed by atoms with Crippen molar-refractivity contribution in [2.24, 2.45) is 7.05 Å². The Hall–Kier alpha value is -0.870. The van der Waals surface area contributed by atoms with Gasteiger partial charge in [-0.2, -0.15) is 0 Å². The van der Waals surface area contributed by atoms with Crippen LogP contribution < -0.4 is 5.32 Å². The topological polar surface area (TPSA) is 33.1 Å². The van der Waals surface area contributed by atoms with Crippen molar-refractivity contribution < 1.29 is 0 Å². The van der Waals surface area contributed by atoms with E-state index in [4.69, 9.17) is 0 Å². The van der Waals surface area contributed by atoms with E-state index in [1.165, 1.54) is 44.6 Å². The minimum Gasteiger partial charge on any atom is -0.338 e. The highest BCUT2D eigenvalue weighted by Crippen LogP contribution is 2.36. The van der Waals surface area contributed by atoms with Crippen LogP contribution in [-0.2, 0) is 13.5 Å². The molecular weight excluding hydrogens is 236 g/mol. The molecule has 1 N–H and O–H groups in total. The summed E-state index contributed by atoms with van der Waals surface area (Å²) in [6.07, 6.45) is 10.5. The minimum atomic E-state index is 0.442. The van der Waals surface area contributed by atoms with Gasteiger partial charge in [-0.15, -0.1) is 0 Å². The normalized spacial score (nSPS) is 27.2. The third-order valence-corrected chi connectivity index (χ3v) is 5.01. The monoisotopic (exact) mass is 262 g/mol. The van der Waals surface area contributed by atoms with Crippen LogP contribution in [0.3, 0.4) is 0 Å². The highest BCUT2D eigenvalue weighted by Gasteiger charge is 2.42. The van der Waals surface area contributed by atoms with Crippen molar-refractivity contribution in [2.45, 2.75) is 50.6 Å². The molecule has 19 heavy (non-hydrogen) atoms. The number of imidazole rings is 1. The number of hydrogen-bond donors (Lipinski definition) is 1. The van der Waals surface area contributed by atoms with Crippen LogP contribution in [0.1, 0.15) is 38.4 Å². The van der Waals surface area contributed by atoms with E-state index in [2.05, 4.69) is 33.7 Å². The van der Waals surface area contributed by atoms with Gasteiger partial charge in [0, 0.05) is 57.1 Å². The summed E-state index contributed by atoms with van der Waals surface area (Å²) in [4.78, 5) is 7.20. The van der Waals surface area contributed by atoms with E-state index in [0.29, 0.717) is 11.6 Å². The molecule has 1 aromatic heterocycles. The second-order valence-corrected chi connectivity index (χ2v) is 6.36. The lowest BCUT2D eigenvalue weighted by Gasteiger charge is -2.47. The van der Waals surface area contributed by atoms with Crippen molar-refractivity contribution in [1.82, 2.24) is 19.8 Å². The molecule has 4 nitrogen and oxygen atoms in total. The summed E-state index contributed by atoms with van der Waals surface area (Å²) in [5.74, 6) is 1.21. The molecule has 2 fully saturated rings. The van der Waals surface area contributed by atoms with Gasteiger partial charge in [-0.1, -0.05) is 12.8 Å². The molecule has 1 atom stereocenters. The second kappa shape index (κ2) is 5.25. The van der Waals surface area contributed by atoms with Crippen LogP contribution >= 0.6 is 0 Å². The summed E-state index contributed by atoms with van der Waals surface area (Å²) >= 11 is 0. The molecule has 0 aromatic carbocycles. The Morgan fingerprint density at radius 3 is 2.89 bits per heavy atom. The van der Waals surface area contributed by atoms with E-state index in [1.54, 1.807) is 0 Å². The van der Waals surface area contributed by atoms with Gasteiger partial charge in [-0.25, -0.2) is 4.98 Å².